The number of amides is 1. The van der Waals surface area contributed by atoms with E-state index in [1.807, 2.05) is 18.2 Å². The number of nitro groups is 1. The van der Waals surface area contributed by atoms with Gasteiger partial charge in [0.2, 0.25) is 0 Å². The number of nitrogens with one attached hydrogen (secondary N) is 3. The van der Waals surface area contributed by atoms with Gasteiger partial charge >= 0.3 is 0 Å². The fourth-order valence-corrected chi connectivity index (χ4v) is 10.3. The molecule has 2 aromatic heterocycles. The van der Waals surface area contributed by atoms with Crippen LogP contribution in [0.4, 0.5) is 11.4 Å². The van der Waals surface area contributed by atoms with Gasteiger partial charge < -0.3 is 19.8 Å². The number of anilines is 1. The predicted molar refractivity (Wildman–Crippen MR) is 224 cm³/mol. The van der Waals surface area contributed by atoms with Crippen molar-refractivity contribution in [3.05, 3.63) is 118 Å². The Bertz CT molecular complexity index is 2450. The number of rotatable bonds is 13. The number of aromatic nitrogens is 2. The summed E-state index contributed by atoms with van der Waals surface area (Å²) < 4.78 is 41.2. The lowest BCUT2D eigenvalue weighted by atomic mass is 9.80. The Morgan fingerprint density at radius 1 is 0.898 bits per heavy atom. The first-order valence-electron chi connectivity index (χ1n) is 21.0. The monoisotopic (exact) mass is 818 g/mol. The molecular formula is C45H50N6O7S. The third kappa shape index (κ3) is 8.71. The van der Waals surface area contributed by atoms with E-state index in [0.717, 1.165) is 68.0 Å². The van der Waals surface area contributed by atoms with Crippen LogP contribution in [-0.4, -0.2) is 66.5 Å². The zero-order valence-corrected chi connectivity index (χ0v) is 33.8. The molecule has 0 spiro atoms. The Labute approximate surface area is 344 Å². The van der Waals surface area contributed by atoms with E-state index in [2.05, 4.69) is 49.2 Å². The maximum Gasteiger partial charge on any atom is 0.293 e. The van der Waals surface area contributed by atoms with Crippen LogP contribution in [0.1, 0.15) is 109 Å². The second-order valence-corrected chi connectivity index (χ2v) is 18.3. The molecule has 0 unspecified atom stereocenters. The van der Waals surface area contributed by atoms with Gasteiger partial charge in [0.15, 0.2) is 0 Å². The number of carbonyl (C=O) groups is 1. The molecule has 3 N–H and O–H groups in total. The predicted octanol–water partition coefficient (Wildman–Crippen LogP) is 8.96. The van der Waals surface area contributed by atoms with E-state index in [9.17, 15) is 23.3 Å². The molecule has 5 aromatic rings. The Morgan fingerprint density at radius 2 is 1.66 bits per heavy atom. The van der Waals surface area contributed by atoms with Crippen LogP contribution in [0.3, 0.4) is 0 Å². The smallest absolute Gasteiger partial charge is 0.293 e. The Balaban J connectivity index is 0.926. The molecule has 4 aliphatic rings. The number of carbonyl (C=O) groups excluding carboxylic acids is 1. The Kier molecular flexibility index (Phi) is 11.1. The average Bonchev–Trinajstić information content (AvgIpc) is 3.80. The molecule has 2 saturated carbocycles. The van der Waals surface area contributed by atoms with E-state index in [1.165, 1.54) is 48.9 Å². The van der Waals surface area contributed by atoms with E-state index >= 15 is 0 Å². The number of sulfonamides is 1. The van der Waals surface area contributed by atoms with Crippen LogP contribution in [0.25, 0.3) is 11.0 Å². The molecule has 308 valence electrons. The number of likely N-dealkylation sites (tertiary alicyclic amines) is 1. The average molecular weight is 819 g/mol. The number of nitrogens with zero attached hydrogens (tertiary/aromatic N) is 3. The molecule has 14 heteroatoms. The minimum atomic E-state index is -4.53. The highest BCUT2D eigenvalue weighted by molar-refractivity contribution is 7.90. The van der Waals surface area contributed by atoms with Gasteiger partial charge in [-0.25, -0.2) is 18.1 Å². The van der Waals surface area contributed by atoms with Gasteiger partial charge in [-0.15, -0.1) is 0 Å². The number of benzene rings is 3. The summed E-state index contributed by atoms with van der Waals surface area (Å²) >= 11 is 0. The number of hydrogen-bond acceptors (Lipinski definition) is 10. The summed E-state index contributed by atoms with van der Waals surface area (Å²) in [7, 11) is -4.53. The normalized spacial score (nSPS) is 21.7. The maximum absolute atomic E-state index is 13.9. The summed E-state index contributed by atoms with van der Waals surface area (Å²) in [5, 5.41) is 16.0. The summed E-state index contributed by atoms with van der Waals surface area (Å²) in [4.78, 5) is 35.2. The third-order valence-electron chi connectivity index (χ3n) is 12.8. The van der Waals surface area contributed by atoms with E-state index in [1.54, 1.807) is 24.5 Å². The lowest BCUT2D eigenvalue weighted by Crippen LogP contribution is -2.37. The van der Waals surface area contributed by atoms with Gasteiger partial charge in [-0.3, -0.25) is 19.8 Å². The van der Waals surface area contributed by atoms with E-state index in [0.29, 0.717) is 43.2 Å². The zero-order valence-electron chi connectivity index (χ0n) is 33.0. The van der Waals surface area contributed by atoms with Crippen LogP contribution in [0, 0.1) is 16.0 Å². The number of nitro benzene ring substituents is 1. The Morgan fingerprint density at radius 3 is 2.44 bits per heavy atom. The molecule has 13 nitrogen and oxygen atoms in total. The lowest BCUT2D eigenvalue weighted by molar-refractivity contribution is -0.384. The molecular weight excluding hydrogens is 769 g/mol. The van der Waals surface area contributed by atoms with Gasteiger partial charge in [0.05, 0.1) is 21.6 Å². The summed E-state index contributed by atoms with van der Waals surface area (Å²) in [6.07, 6.45) is 14.1. The first-order valence-corrected chi connectivity index (χ1v) is 22.4. The summed E-state index contributed by atoms with van der Waals surface area (Å²) in [5.41, 5.74) is 4.46. The number of fused-ring (bicyclic) bond motifs is 1. The van der Waals surface area contributed by atoms with Gasteiger partial charge in [-0.1, -0.05) is 30.3 Å². The molecule has 2 saturated heterocycles. The quantitative estimate of drug-likeness (QED) is 0.0770. The second kappa shape index (κ2) is 16.7. The number of hydrogen-bond donors (Lipinski definition) is 3. The summed E-state index contributed by atoms with van der Waals surface area (Å²) in [6, 6.07) is 22.9. The number of pyridine rings is 1. The summed E-state index contributed by atoms with van der Waals surface area (Å²) in [6.45, 7) is 2.88. The maximum atomic E-state index is 13.9. The molecule has 0 radical (unpaired) electrons. The van der Waals surface area contributed by atoms with E-state index < -0.39 is 31.4 Å². The topological polar surface area (TPSA) is 169 Å². The zero-order chi connectivity index (χ0) is 40.5. The van der Waals surface area contributed by atoms with E-state index in [4.69, 9.17) is 9.47 Å². The van der Waals surface area contributed by atoms with Gasteiger partial charge in [-0.05, 0) is 142 Å². The number of ether oxygens (including phenoxy) is 2. The van der Waals surface area contributed by atoms with Crippen molar-refractivity contribution in [3.63, 3.8) is 0 Å². The fourth-order valence-electron chi connectivity index (χ4n) is 9.35. The van der Waals surface area contributed by atoms with Crippen LogP contribution in [0.2, 0.25) is 0 Å². The molecule has 2 aliphatic carbocycles. The first-order chi connectivity index (χ1) is 28.7. The van der Waals surface area contributed by atoms with Crippen molar-refractivity contribution in [2.75, 3.05) is 31.6 Å². The van der Waals surface area contributed by atoms with Crippen molar-refractivity contribution in [3.8, 4) is 11.5 Å². The summed E-state index contributed by atoms with van der Waals surface area (Å²) in [5.74, 6) is 0.926. The molecule has 4 heterocycles. The number of H-pyrrole nitrogens is 1. The van der Waals surface area contributed by atoms with Crippen molar-refractivity contribution >= 4 is 38.3 Å². The van der Waals surface area contributed by atoms with Crippen LogP contribution in [-0.2, 0) is 14.8 Å². The van der Waals surface area contributed by atoms with Crippen LogP contribution in [0.5, 0.6) is 11.5 Å². The largest absolute Gasteiger partial charge is 0.455 e. The highest BCUT2D eigenvalue weighted by Gasteiger charge is 2.36. The Hall–Kier alpha value is -5.31. The lowest BCUT2D eigenvalue weighted by Gasteiger charge is -2.38. The minimum absolute atomic E-state index is 0.0118. The standard InChI is InChI=1S/C45H50N6O7S/c52-45(49-59(55,56)38-13-15-40(42(26-38)51(53)54)47-27-29-17-21-57-22-18-29)39-14-10-33(25-43(39)58-37-24-35-16-19-46-44(35)48-28-37)31-8-11-36(12-9-31)50-20-2-5-41(50)34-4-1-3-32(23-34)30-6-7-30/h1,3-4,10,13-16,19,23-26,28-31,36,41,47H,2,5-9,11-12,17-18,20-22,27H2,(H,46,48)(H,49,52)/t31?,36?,41-/m0/s1. The van der Waals surface area contributed by atoms with Crippen LogP contribution < -0.4 is 14.8 Å². The van der Waals surface area contributed by atoms with Crippen molar-refractivity contribution in [2.45, 2.75) is 93.0 Å². The van der Waals surface area contributed by atoms with Crippen LogP contribution in [0.15, 0.2) is 90.1 Å². The van der Waals surface area contributed by atoms with Gasteiger partial charge in [-0.2, -0.15) is 0 Å². The molecule has 1 atom stereocenters. The van der Waals surface area contributed by atoms with Crippen molar-refractivity contribution in [1.82, 2.24) is 19.6 Å². The highest BCUT2D eigenvalue weighted by Crippen LogP contribution is 2.45. The SMILES string of the molecule is O=C(NS(=O)(=O)c1ccc(NCC2CCOCC2)c([N+](=O)[O-])c1)c1ccc(C2CCC(N3CCC[C@H]3c3cccc(C4CC4)c3)CC2)cc1Oc1cnc2[nH]ccc2c1. The van der Waals surface area contributed by atoms with Crippen molar-refractivity contribution in [2.24, 2.45) is 5.92 Å². The molecule has 4 fully saturated rings. The molecule has 1 amide bonds. The molecule has 9 rings (SSSR count). The van der Waals surface area contributed by atoms with Gasteiger partial charge in [0.25, 0.3) is 21.6 Å². The third-order valence-corrected chi connectivity index (χ3v) is 14.1. The van der Waals surface area contributed by atoms with Gasteiger partial charge in [0.1, 0.15) is 22.8 Å². The number of aromatic amines is 1. The van der Waals surface area contributed by atoms with Gasteiger partial charge in [0, 0.05) is 49.5 Å². The highest BCUT2D eigenvalue weighted by atomic mass is 32.2. The fraction of sp³-hybridized carbons (Fsp3) is 0.422. The molecule has 0 bridgehead atoms. The van der Waals surface area contributed by atoms with Crippen LogP contribution >= 0.6 is 0 Å². The van der Waals surface area contributed by atoms with E-state index in [-0.39, 0.29) is 28.8 Å². The first kappa shape index (κ1) is 39.2. The van der Waals surface area contributed by atoms with Crippen molar-refractivity contribution < 1.29 is 27.6 Å². The second-order valence-electron chi connectivity index (χ2n) is 16.6. The minimum Gasteiger partial charge on any atom is -0.455 e. The van der Waals surface area contributed by atoms with Crippen molar-refractivity contribution in [1.29, 1.82) is 0 Å². The molecule has 2 aliphatic heterocycles. The molecule has 3 aromatic carbocycles. The molecule has 59 heavy (non-hydrogen) atoms.